The molecule has 1 aliphatic rings. The predicted octanol–water partition coefficient (Wildman–Crippen LogP) is 1.03. The minimum Gasteiger partial charge on any atom is -0.496 e. The van der Waals surface area contributed by atoms with E-state index in [0.29, 0.717) is 18.5 Å². The highest BCUT2D eigenvalue weighted by molar-refractivity contribution is 5.86. The zero-order chi connectivity index (χ0) is 15.8. The van der Waals surface area contributed by atoms with E-state index in [1.54, 1.807) is 7.11 Å². The van der Waals surface area contributed by atoms with Gasteiger partial charge in [0.1, 0.15) is 5.75 Å². The quantitative estimate of drug-likeness (QED) is 0.519. The SMILES string of the molecule is CCNC(=NCc1ccccc1OC)NCC(=O)NC1CC1. The smallest absolute Gasteiger partial charge is 0.239 e. The molecular formula is C16H24N4O2. The van der Waals surface area contributed by atoms with Crippen LogP contribution in [-0.4, -0.2) is 38.1 Å². The highest BCUT2D eigenvalue weighted by Crippen LogP contribution is 2.18. The molecule has 0 atom stereocenters. The Morgan fingerprint density at radius 3 is 2.77 bits per heavy atom. The zero-order valence-corrected chi connectivity index (χ0v) is 13.2. The number of hydrogen-bond acceptors (Lipinski definition) is 3. The van der Waals surface area contributed by atoms with Gasteiger partial charge in [0.25, 0.3) is 0 Å². The number of guanidine groups is 1. The van der Waals surface area contributed by atoms with E-state index in [1.807, 2.05) is 31.2 Å². The molecule has 1 aliphatic carbocycles. The van der Waals surface area contributed by atoms with Gasteiger partial charge in [-0.2, -0.15) is 0 Å². The van der Waals surface area contributed by atoms with E-state index in [9.17, 15) is 4.79 Å². The fourth-order valence-electron chi connectivity index (χ4n) is 2.01. The first-order valence-corrected chi connectivity index (χ1v) is 7.66. The fraction of sp³-hybridized carbons (Fsp3) is 0.500. The summed E-state index contributed by atoms with van der Waals surface area (Å²) < 4.78 is 5.31. The van der Waals surface area contributed by atoms with Crippen LogP contribution in [0.15, 0.2) is 29.3 Å². The normalized spacial score (nSPS) is 14.4. The van der Waals surface area contributed by atoms with Crippen molar-refractivity contribution in [2.24, 2.45) is 4.99 Å². The maximum Gasteiger partial charge on any atom is 0.239 e. The summed E-state index contributed by atoms with van der Waals surface area (Å²) in [5.41, 5.74) is 1.00. The molecule has 120 valence electrons. The van der Waals surface area contributed by atoms with Crippen LogP contribution in [0.2, 0.25) is 0 Å². The van der Waals surface area contributed by atoms with E-state index in [-0.39, 0.29) is 12.5 Å². The Hall–Kier alpha value is -2.24. The Kier molecular flexibility index (Phi) is 6.06. The van der Waals surface area contributed by atoms with Gasteiger partial charge in [-0.05, 0) is 25.8 Å². The molecule has 0 unspecified atom stereocenters. The lowest BCUT2D eigenvalue weighted by Crippen LogP contribution is -2.43. The summed E-state index contributed by atoms with van der Waals surface area (Å²) in [6.07, 6.45) is 2.18. The third-order valence-electron chi connectivity index (χ3n) is 3.30. The third kappa shape index (κ3) is 5.27. The van der Waals surface area contributed by atoms with Gasteiger partial charge in [-0.3, -0.25) is 4.79 Å². The zero-order valence-electron chi connectivity index (χ0n) is 13.2. The molecule has 1 aromatic rings. The van der Waals surface area contributed by atoms with Crippen LogP contribution in [0.4, 0.5) is 0 Å². The summed E-state index contributed by atoms with van der Waals surface area (Å²) in [5.74, 6) is 1.44. The van der Waals surface area contributed by atoms with E-state index in [4.69, 9.17) is 4.74 Å². The van der Waals surface area contributed by atoms with Crippen molar-refractivity contribution in [2.45, 2.75) is 32.4 Å². The van der Waals surface area contributed by atoms with Gasteiger partial charge in [-0.1, -0.05) is 18.2 Å². The average Bonchev–Trinajstić information content (AvgIpc) is 3.34. The second kappa shape index (κ2) is 8.26. The molecule has 0 spiro atoms. The molecule has 0 radical (unpaired) electrons. The Labute approximate surface area is 131 Å². The highest BCUT2D eigenvalue weighted by atomic mass is 16.5. The molecule has 22 heavy (non-hydrogen) atoms. The van der Waals surface area contributed by atoms with Crippen molar-refractivity contribution in [3.05, 3.63) is 29.8 Å². The van der Waals surface area contributed by atoms with E-state index in [0.717, 1.165) is 30.7 Å². The van der Waals surface area contributed by atoms with Gasteiger partial charge < -0.3 is 20.7 Å². The number of amides is 1. The molecule has 1 amide bonds. The summed E-state index contributed by atoms with van der Waals surface area (Å²) in [6, 6.07) is 8.15. The van der Waals surface area contributed by atoms with Crippen molar-refractivity contribution in [1.82, 2.24) is 16.0 Å². The van der Waals surface area contributed by atoms with Crippen molar-refractivity contribution in [3.63, 3.8) is 0 Å². The maximum atomic E-state index is 11.7. The lowest BCUT2D eigenvalue weighted by molar-refractivity contribution is -0.120. The van der Waals surface area contributed by atoms with Crippen LogP contribution in [-0.2, 0) is 11.3 Å². The Bertz CT molecular complexity index is 527. The number of nitrogens with one attached hydrogen (secondary N) is 3. The van der Waals surface area contributed by atoms with Gasteiger partial charge in [0.2, 0.25) is 5.91 Å². The number of rotatable bonds is 7. The number of carbonyl (C=O) groups is 1. The van der Waals surface area contributed by atoms with Crippen LogP contribution in [0.25, 0.3) is 0 Å². The molecule has 0 heterocycles. The minimum absolute atomic E-state index is 0.00500. The second-order valence-corrected chi connectivity index (χ2v) is 5.20. The van der Waals surface area contributed by atoms with Gasteiger partial charge in [-0.25, -0.2) is 4.99 Å². The van der Waals surface area contributed by atoms with E-state index in [2.05, 4.69) is 20.9 Å². The van der Waals surface area contributed by atoms with Crippen LogP contribution in [0.5, 0.6) is 5.75 Å². The molecule has 6 nitrogen and oxygen atoms in total. The summed E-state index contributed by atoms with van der Waals surface area (Å²) >= 11 is 0. The van der Waals surface area contributed by atoms with Crippen molar-refractivity contribution in [1.29, 1.82) is 0 Å². The Morgan fingerprint density at radius 1 is 1.32 bits per heavy atom. The number of hydrogen-bond donors (Lipinski definition) is 3. The average molecular weight is 304 g/mol. The number of benzene rings is 1. The molecule has 2 rings (SSSR count). The summed E-state index contributed by atoms with van der Waals surface area (Å²) in [5, 5.41) is 9.12. The molecule has 0 saturated heterocycles. The van der Waals surface area contributed by atoms with Crippen molar-refractivity contribution in [3.8, 4) is 5.75 Å². The first-order valence-electron chi connectivity index (χ1n) is 7.66. The van der Waals surface area contributed by atoms with Crippen molar-refractivity contribution in [2.75, 3.05) is 20.2 Å². The lowest BCUT2D eigenvalue weighted by Gasteiger charge is -2.12. The van der Waals surface area contributed by atoms with Gasteiger partial charge >= 0.3 is 0 Å². The number of ether oxygens (including phenoxy) is 1. The van der Waals surface area contributed by atoms with Gasteiger partial charge in [-0.15, -0.1) is 0 Å². The van der Waals surface area contributed by atoms with Crippen LogP contribution in [0.1, 0.15) is 25.3 Å². The highest BCUT2D eigenvalue weighted by Gasteiger charge is 2.22. The first kappa shape index (κ1) is 16.1. The molecule has 6 heteroatoms. The largest absolute Gasteiger partial charge is 0.496 e. The molecule has 1 saturated carbocycles. The predicted molar refractivity (Wildman–Crippen MR) is 87.0 cm³/mol. The first-order chi connectivity index (χ1) is 10.7. The van der Waals surface area contributed by atoms with E-state index in [1.165, 1.54) is 0 Å². The molecule has 3 N–H and O–H groups in total. The molecule has 0 aliphatic heterocycles. The summed E-state index contributed by atoms with van der Waals surface area (Å²) in [6.45, 7) is 3.45. The number of para-hydroxylation sites is 1. The molecular weight excluding hydrogens is 280 g/mol. The van der Waals surface area contributed by atoms with Gasteiger partial charge in [0.15, 0.2) is 5.96 Å². The van der Waals surface area contributed by atoms with Crippen LogP contribution in [0, 0.1) is 0 Å². The van der Waals surface area contributed by atoms with Crippen LogP contribution < -0.4 is 20.7 Å². The van der Waals surface area contributed by atoms with Crippen LogP contribution in [0.3, 0.4) is 0 Å². The number of aliphatic imine (C=N–C) groups is 1. The van der Waals surface area contributed by atoms with Gasteiger partial charge in [0.05, 0.1) is 20.2 Å². The summed E-state index contributed by atoms with van der Waals surface area (Å²) in [4.78, 5) is 16.2. The van der Waals surface area contributed by atoms with E-state index < -0.39 is 0 Å². The lowest BCUT2D eigenvalue weighted by atomic mass is 10.2. The standard InChI is InChI=1S/C16H24N4O2/c1-3-17-16(19-11-15(21)20-13-8-9-13)18-10-12-6-4-5-7-14(12)22-2/h4-7,13H,3,8-11H2,1-2H3,(H,20,21)(H2,17,18,19). The Morgan fingerprint density at radius 2 is 2.09 bits per heavy atom. The molecule has 0 bridgehead atoms. The molecule has 1 fully saturated rings. The maximum absolute atomic E-state index is 11.7. The number of nitrogens with zero attached hydrogens (tertiary/aromatic N) is 1. The number of methoxy groups -OCH3 is 1. The molecule has 1 aromatic carbocycles. The van der Waals surface area contributed by atoms with Gasteiger partial charge in [0, 0.05) is 18.2 Å². The van der Waals surface area contributed by atoms with Crippen LogP contribution >= 0.6 is 0 Å². The number of carbonyl (C=O) groups excluding carboxylic acids is 1. The Balaban J connectivity index is 1.89. The van der Waals surface area contributed by atoms with Crippen molar-refractivity contribution < 1.29 is 9.53 Å². The monoisotopic (exact) mass is 304 g/mol. The fourth-order valence-corrected chi connectivity index (χ4v) is 2.01. The minimum atomic E-state index is 0.00500. The topological polar surface area (TPSA) is 74.8 Å². The third-order valence-corrected chi connectivity index (χ3v) is 3.30. The van der Waals surface area contributed by atoms with E-state index >= 15 is 0 Å². The molecule has 0 aromatic heterocycles. The van der Waals surface area contributed by atoms with Crippen molar-refractivity contribution >= 4 is 11.9 Å². The second-order valence-electron chi connectivity index (χ2n) is 5.20. The summed E-state index contributed by atoms with van der Waals surface area (Å²) in [7, 11) is 1.65.